The number of nitrogens with two attached hydrogens (primary N) is 2. The maximum Gasteiger partial charge on any atom is 0.413 e. The molecule has 1 fully saturated rings. The molecule has 0 amide bonds. The number of anilines is 2. The fraction of sp³-hybridized carbons (Fsp3) is 0.333. The first-order valence-corrected chi connectivity index (χ1v) is 8.60. The second-order valence-corrected chi connectivity index (χ2v) is 6.79. The van der Waals surface area contributed by atoms with Crippen molar-refractivity contribution in [3.8, 4) is 11.3 Å². The summed E-state index contributed by atoms with van der Waals surface area (Å²) in [5, 5.41) is 43.8. The summed E-state index contributed by atoms with van der Waals surface area (Å²) in [5.74, 6) is -2.00. The molecular formula is C15H16Cl2N5O6+. The van der Waals surface area contributed by atoms with Crippen LogP contribution in [-0.4, -0.2) is 60.9 Å². The van der Waals surface area contributed by atoms with E-state index in [1.807, 2.05) is 0 Å². The molecule has 28 heavy (non-hydrogen) atoms. The van der Waals surface area contributed by atoms with Gasteiger partial charge in [-0.05, 0) is 11.1 Å². The lowest BCUT2D eigenvalue weighted by molar-refractivity contribution is -0.813. The third kappa shape index (κ3) is 3.43. The van der Waals surface area contributed by atoms with Crippen LogP contribution in [0.5, 0.6) is 0 Å². The van der Waals surface area contributed by atoms with E-state index in [4.69, 9.17) is 39.4 Å². The van der Waals surface area contributed by atoms with Gasteiger partial charge in [0.15, 0.2) is 11.8 Å². The second kappa shape index (κ2) is 7.62. The Hall–Kier alpha value is -2.28. The van der Waals surface area contributed by atoms with Gasteiger partial charge in [-0.15, -0.1) is 9.78 Å². The number of hydrogen-bond donors (Lipinski definition) is 6. The summed E-state index contributed by atoms with van der Waals surface area (Å²) in [4.78, 5) is 15.2. The van der Waals surface area contributed by atoms with Gasteiger partial charge in [0.25, 0.3) is 0 Å². The highest BCUT2D eigenvalue weighted by atomic mass is 35.5. The van der Waals surface area contributed by atoms with Gasteiger partial charge < -0.3 is 30.9 Å². The van der Waals surface area contributed by atoms with Crippen LogP contribution in [0.3, 0.4) is 0 Å². The van der Waals surface area contributed by atoms with E-state index in [0.717, 1.165) is 4.68 Å². The summed E-state index contributed by atoms with van der Waals surface area (Å²) in [6.45, 7) is 0. The Balaban J connectivity index is 2.12. The van der Waals surface area contributed by atoms with E-state index in [1.165, 1.54) is 0 Å². The first kappa shape index (κ1) is 20.5. The highest BCUT2D eigenvalue weighted by Gasteiger charge is 2.50. The molecule has 150 valence electrons. The minimum absolute atomic E-state index is 0.0324. The predicted molar refractivity (Wildman–Crippen MR) is 96.1 cm³/mol. The Labute approximate surface area is 167 Å². The number of nitrogen functional groups attached to an aromatic ring is 2. The van der Waals surface area contributed by atoms with Crippen LogP contribution in [0, 0.1) is 0 Å². The van der Waals surface area contributed by atoms with Crippen LogP contribution in [0.25, 0.3) is 11.3 Å². The molecule has 0 aliphatic carbocycles. The average molecular weight is 433 g/mol. The Kier molecular flexibility index (Phi) is 5.57. The van der Waals surface area contributed by atoms with Gasteiger partial charge in [0.05, 0.1) is 10.0 Å². The highest BCUT2D eigenvalue weighted by Crippen LogP contribution is 2.34. The number of carboxylic acid groups (broad SMARTS) is 1. The van der Waals surface area contributed by atoms with Crippen molar-refractivity contribution in [1.82, 2.24) is 10.1 Å². The molecule has 2 aromatic rings. The Morgan fingerprint density at radius 2 is 1.82 bits per heavy atom. The molecule has 0 radical (unpaired) electrons. The van der Waals surface area contributed by atoms with Gasteiger partial charge in [-0.2, -0.15) is 0 Å². The summed E-state index contributed by atoms with van der Waals surface area (Å²) >= 11 is 12.2. The number of aliphatic hydroxyl groups is 3. The van der Waals surface area contributed by atoms with Crippen molar-refractivity contribution in [2.24, 2.45) is 0 Å². The molecule has 5 atom stereocenters. The van der Waals surface area contributed by atoms with Gasteiger partial charge in [-0.3, -0.25) is 5.73 Å². The minimum atomic E-state index is -1.87. The number of hydrogen-bond acceptors (Lipinski definition) is 9. The number of aliphatic carboxylic acids is 1. The van der Waals surface area contributed by atoms with Crippen LogP contribution in [0.15, 0.2) is 18.2 Å². The van der Waals surface area contributed by atoms with Crippen LogP contribution in [-0.2, 0) is 9.53 Å². The molecule has 1 aliphatic heterocycles. The van der Waals surface area contributed by atoms with Crippen molar-refractivity contribution in [2.75, 3.05) is 11.5 Å². The second-order valence-electron chi connectivity index (χ2n) is 6.01. The topological polar surface area (TPSA) is 189 Å². The third-order valence-electron chi connectivity index (χ3n) is 4.20. The van der Waals surface area contributed by atoms with Gasteiger partial charge in [0.2, 0.25) is 12.0 Å². The van der Waals surface area contributed by atoms with Crippen LogP contribution >= 0.6 is 23.2 Å². The molecule has 1 aliphatic rings. The van der Waals surface area contributed by atoms with Crippen molar-refractivity contribution < 1.29 is 34.6 Å². The lowest BCUT2D eigenvalue weighted by atomic mass is 9.98. The van der Waals surface area contributed by atoms with E-state index < -0.39 is 36.6 Å². The number of benzene rings is 1. The monoisotopic (exact) mass is 432 g/mol. The maximum absolute atomic E-state index is 11.3. The smallest absolute Gasteiger partial charge is 0.413 e. The largest absolute Gasteiger partial charge is 0.479 e. The van der Waals surface area contributed by atoms with Crippen molar-refractivity contribution in [2.45, 2.75) is 30.6 Å². The summed E-state index contributed by atoms with van der Waals surface area (Å²) in [6.07, 6.45) is -8.89. The number of aromatic nitrogens is 3. The normalized spacial score (nSPS) is 27.5. The summed E-state index contributed by atoms with van der Waals surface area (Å²) in [6, 6.07) is 4.70. The predicted octanol–water partition coefficient (Wildman–Crippen LogP) is -1.03. The molecule has 8 N–H and O–H groups in total. The van der Waals surface area contributed by atoms with Gasteiger partial charge in [-0.1, -0.05) is 35.3 Å². The number of carboxylic acids is 1. The van der Waals surface area contributed by atoms with Crippen molar-refractivity contribution in [3.63, 3.8) is 0 Å². The fourth-order valence-corrected chi connectivity index (χ4v) is 3.16. The molecule has 2 heterocycles. The number of halogens is 2. The van der Waals surface area contributed by atoms with Crippen LogP contribution < -0.4 is 16.1 Å². The van der Waals surface area contributed by atoms with Crippen LogP contribution in [0.4, 0.5) is 11.8 Å². The van der Waals surface area contributed by atoms with Gasteiger partial charge in [0.1, 0.15) is 18.3 Å². The Bertz CT molecular complexity index is 932. The molecule has 0 unspecified atom stereocenters. The molecule has 0 saturated carbocycles. The fourth-order valence-electron chi connectivity index (χ4n) is 2.77. The summed E-state index contributed by atoms with van der Waals surface area (Å²) in [5.41, 5.74) is 12.0. The molecular weight excluding hydrogens is 417 g/mol. The zero-order valence-corrected chi connectivity index (χ0v) is 15.5. The zero-order valence-electron chi connectivity index (χ0n) is 14.0. The standard InChI is InChI=1S/C15H15Cl2N5O6/c16-5-3-1-2-4(6(5)17)7-12(18)20-15(19)22(21-7)13-10(25)8(23)9(24)11(28-13)14(26)27/h1-3,8-11,13,23-25H,(H4,18,19,20,26,27)/p+1/t8-,9-,10+,11-,13-/m0/s1. The van der Waals surface area contributed by atoms with Gasteiger partial charge in [-0.25, -0.2) is 4.79 Å². The number of nitrogens with zero attached hydrogens (tertiary/aromatic N) is 3. The highest BCUT2D eigenvalue weighted by molar-refractivity contribution is 6.43. The molecule has 3 rings (SSSR count). The van der Waals surface area contributed by atoms with E-state index in [9.17, 15) is 25.2 Å². The lowest BCUT2D eigenvalue weighted by Crippen LogP contribution is -2.65. The quantitative estimate of drug-likeness (QED) is 0.327. The first-order chi connectivity index (χ1) is 13.1. The van der Waals surface area contributed by atoms with Gasteiger partial charge >= 0.3 is 11.9 Å². The zero-order chi connectivity index (χ0) is 20.7. The summed E-state index contributed by atoms with van der Waals surface area (Å²) in [7, 11) is 0. The first-order valence-electron chi connectivity index (χ1n) is 7.85. The van der Waals surface area contributed by atoms with E-state index in [0.29, 0.717) is 5.56 Å². The van der Waals surface area contributed by atoms with E-state index in [1.54, 1.807) is 18.2 Å². The van der Waals surface area contributed by atoms with Crippen molar-refractivity contribution in [1.29, 1.82) is 0 Å². The number of carbonyl (C=O) groups is 1. The molecule has 11 nitrogen and oxygen atoms in total. The number of rotatable bonds is 3. The van der Waals surface area contributed by atoms with Gasteiger partial charge in [0, 0.05) is 5.56 Å². The van der Waals surface area contributed by atoms with E-state index >= 15 is 0 Å². The Morgan fingerprint density at radius 1 is 1.14 bits per heavy atom. The van der Waals surface area contributed by atoms with Crippen LogP contribution in [0.1, 0.15) is 6.23 Å². The number of ether oxygens (including phenoxy) is 1. The molecule has 1 aromatic carbocycles. The van der Waals surface area contributed by atoms with Crippen LogP contribution in [0.2, 0.25) is 10.0 Å². The lowest BCUT2D eigenvalue weighted by Gasteiger charge is -2.37. The SMILES string of the molecule is Nc1nc(N)[n+]([C@H]2O[C@H](C(=O)O)[C@@H](O)[C@H](O)[C@H]2O)nc1-c1cccc(Cl)c1Cl. The number of aliphatic hydroxyl groups excluding tert-OH is 3. The van der Waals surface area contributed by atoms with E-state index in [2.05, 4.69) is 10.1 Å². The van der Waals surface area contributed by atoms with Crippen molar-refractivity contribution in [3.05, 3.63) is 28.2 Å². The van der Waals surface area contributed by atoms with E-state index in [-0.39, 0.29) is 27.5 Å². The molecule has 1 saturated heterocycles. The molecule has 13 heteroatoms. The molecule has 1 aromatic heterocycles. The summed E-state index contributed by atoms with van der Waals surface area (Å²) < 4.78 is 6.06. The average Bonchev–Trinajstić information content (AvgIpc) is 2.63. The molecule has 0 spiro atoms. The van der Waals surface area contributed by atoms with Crippen molar-refractivity contribution >= 4 is 40.9 Å². The molecule has 0 bridgehead atoms. The minimum Gasteiger partial charge on any atom is -0.479 e. The Morgan fingerprint density at radius 3 is 2.46 bits per heavy atom. The maximum atomic E-state index is 11.3. The third-order valence-corrected chi connectivity index (χ3v) is 5.02.